The largest absolute Gasteiger partial charge is 0.389 e. The maximum atomic E-state index is 9.22. The summed E-state index contributed by atoms with van der Waals surface area (Å²) in [5.74, 6) is 0. The molecule has 58 valence electrons. The molecule has 0 fully saturated rings. The highest BCUT2D eigenvalue weighted by Gasteiger charge is 2.32. The number of halogens is 1. The molecule has 0 aromatic rings. The first-order valence-corrected chi connectivity index (χ1v) is 3.04. The fourth-order valence-electron chi connectivity index (χ4n) is 0. The van der Waals surface area contributed by atoms with E-state index in [1.165, 1.54) is 0 Å². The Morgan fingerprint density at radius 3 is 1.22 bits per heavy atom. The standard InChI is InChI=1S/C6H13ClO.H3N/c1-5(2,7)6(3,4)8;/h8H,1-4H3;1H3. The van der Waals surface area contributed by atoms with Crippen molar-refractivity contribution < 1.29 is 5.11 Å². The second kappa shape index (κ2) is 2.86. The van der Waals surface area contributed by atoms with Gasteiger partial charge in [-0.2, -0.15) is 0 Å². The van der Waals surface area contributed by atoms with E-state index in [0.717, 1.165) is 0 Å². The van der Waals surface area contributed by atoms with Gasteiger partial charge in [-0.05, 0) is 27.7 Å². The molecule has 0 saturated carbocycles. The number of hydrogen-bond donors (Lipinski definition) is 2. The first kappa shape index (κ1) is 11.9. The molecule has 0 atom stereocenters. The van der Waals surface area contributed by atoms with Gasteiger partial charge in [0.25, 0.3) is 0 Å². The predicted octanol–water partition coefficient (Wildman–Crippen LogP) is 1.94. The molecule has 0 heterocycles. The van der Waals surface area contributed by atoms with Crippen LogP contribution in [-0.2, 0) is 0 Å². The van der Waals surface area contributed by atoms with Gasteiger partial charge >= 0.3 is 0 Å². The Labute approximate surface area is 61.8 Å². The zero-order valence-electron chi connectivity index (χ0n) is 6.53. The molecule has 2 nitrogen and oxygen atoms in total. The van der Waals surface area contributed by atoms with Crippen LogP contribution in [-0.4, -0.2) is 15.6 Å². The van der Waals surface area contributed by atoms with Gasteiger partial charge in [0.05, 0.1) is 10.5 Å². The third-order valence-corrected chi connectivity index (χ3v) is 1.92. The Kier molecular flexibility index (Phi) is 3.80. The van der Waals surface area contributed by atoms with Crippen LogP contribution in [0.2, 0.25) is 0 Å². The van der Waals surface area contributed by atoms with E-state index in [4.69, 9.17) is 11.6 Å². The molecule has 0 amide bonds. The number of rotatable bonds is 1. The minimum absolute atomic E-state index is 0. The van der Waals surface area contributed by atoms with Crippen LogP contribution in [0.1, 0.15) is 27.7 Å². The Bertz CT molecular complexity index is 68.0. The Morgan fingerprint density at radius 1 is 1.11 bits per heavy atom. The highest BCUT2D eigenvalue weighted by atomic mass is 35.5. The number of hydrogen-bond acceptors (Lipinski definition) is 2. The van der Waals surface area contributed by atoms with E-state index in [1.807, 2.05) is 0 Å². The highest BCUT2D eigenvalue weighted by molar-refractivity contribution is 6.24. The summed E-state index contributed by atoms with van der Waals surface area (Å²) >= 11 is 5.76. The van der Waals surface area contributed by atoms with Crippen molar-refractivity contribution in [3.05, 3.63) is 0 Å². The molecule has 0 aromatic heterocycles. The van der Waals surface area contributed by atoms with Gasteiger partial charge in [-0.3, -0.25) is 0 Å². The summed E-state index contributed by atoms with van der Waals surface area (Å²) in [6, 6.07) is 0. The van der Waals surface area contributed by atoms with Crippen molar-refractivity contribution in [2.45, 2.75) is 38.2 Å². The summed E-state index contributed by atoms with van der Waals surface area (Å²) in [5, 5.41) is 9.22. The van der Waals surface area contributed by atoms with Crippen molar-refractivity contribution >= 4 is 11.6 Å². The Morgan fingerprint density at radius 2 is 1.22 bits per heavy atom. The Balaban J connectivity index is 0. The summed E-state index contributed by atoms with van der Waals surface area (Å²) in [5.41, 5.74) is -0.797. The first-order valence-electron chi connectivity index (χ1n) is 2.66. The van der Waals surface area contributed by atoms with Gasteiger partial charge in [-0.25, -0.2) is 0 Å². The van der Waals surface area contributed by atoms with E-state index in [0.29, 0.717) is 0 Å². The zero-order chi connectivity index (χ0) is 7.00. The zero-order valence-corrected chi connectivity index (χ0v) is 7.29. The molecule has 0 aliphatic carbocycles. The minimum Gasteiger partial charge on any atom is -0.389 e. The van der Waals surface area contributed by atoms with Crippen LogP contribution in [0.15, 0.2) is 0 Å². The lowest BCUT2D eigenvalue weighted by Gasteiger charge is -2.30. The third kappa shape index (κ3) is 3.73. The van der Waals surface area contributed by atoms with Crippen LogP contribution in [0.4, 0.5) is 0 Å². The van der Waals surface area contributed by atoms with Crippen LogP contribution >= 0.6 is 11.6 Å². The second-order valence-corrected chi connectivity index (χ2v) is 3.98. The van der Waals surface area contributed by atoms with Crippen molar-refractivity contribution in [2.75, 3.05) is 0 Å². The monoisotopic (exact) mass is 153 g/mol. The summed E-state index contributed by atoms with van der Waals surface area (Å²) in [6.45, 7) is 6.96. The van der Waals surface area contributed by atoms with Crippen LogP contribution < -0.4 is 6.15 Å². The maximum absolute atomic E-state index is 9.22. The fraction of sp³-hybridized carbons (Fsp3) is 1.00. The average molecular weight is 154 g/mol. The van der Waals surface area contributed by atoms with Crippen LogP contribution in [0, 0.1) is 0 Å². The minimum atomic E-state index is -0.797. The van der Waals surface area contributed by atoms with Crippen LogP contribution in [0.3, 0.4) is 0 Å². The SMILES string of the molecule is CC(C)(O)C(C)(C)Cl.N. The van der Waals surface area contributed by atoms with E-state index in [-0.39, 0.29) is 6.15 Å². The molecule has 4 N–H and O–H groups in total. The normalized spacial score (nSPS) is 12.7. The molecular formula is C6H16ClNO. The molecule has 9 heavy (non-hydrogen) atoms. The van der Waals surface area contributed by atoms with E-state index < -0.39 is 10.5 Å². The lowest BCUT2D eigenvalue weighted by molar-refractivity contribution is 0.0461. The van der Waals surface area contributed by atoms with Gasteiger partial charge < -0.3 is 11.3 Å². The molecular weight excluding hydrogens is 138 g/mol. The molecule has 0 bridgehead atoms. The van der Waals surface area contributed by atoms with Crippen molar-refractivity contribution in [3.8, 4) is 0 Å². The topological polar surface area (TPSA) is 55.2 Å². The first-order chi connectivity index (χ1) is 3.25. The van der Waals surface area contributed by atoms with Crippen LogP contribution in [0.5, 0.6) is 0 Å². The van der Waals surface area contributed by atoms with E-state index >= 15 is 0 Å². The van der Waals surface area contributed by atoms with E-state index in [1.54, 1.807) is 27.7 Å². The third-order valence-electron chi connectivity index (χ3n) is 1.45. The van der Waals surface area contributed by atoms with Crippen molar-refractivity contribution in [2.24, 2.45) is 0 Å². The van der Waals surface area contributed by atoms with Crippen molar-refractivity contribution in [1.82, 2.24) is 6.15 Å². The maximum Gasteiger partial charge on any atom is 0.0777 e. The van der Waals surface area contributed by atoms with Crippen molar-refractivity contribution in [3.63, 3.8) is 0 Å². The molecule has 0 rings (SSSR count). The second-order valence-electron chi connectivity index (χ2n) is 3.03. The van der Waals surface area contributed by atoms with Crippen LogP contribution in [0.25, 0.3) is 0 Å². The molecule has 0 saturated heterocycles. The summed E-state index contributed by atoms with van der Waals surface area (Å²) < 4.78 is 0. The number of alkyl halides is 1. The summed E-state index contributed by atoms with van der Waals surface area (Å²) in [7, 11) is 0. The van der Waals surface area contributed by atoms with E-state index in [9.17, 15) is 5.11 Å². The molecule has 0 unspecified atom stereocenters. The highest BCUT2D eigenvalue weighted by Crippen LogP contribution is 2.26. The van der Waals surface area contributed by atoms with Gasteiger partial charge in [0.1, 0.15) is 0 Å². The smallest absolute Gasteiger partial charge is 0.0777 e. The summed E-state index contributed by atoms with van der Waals surface area (Å²) in [6.07, 6.45) is 0. The average Bonchev–Trinajstić information content (AvgIpc) is 1.25. The van der Waals surface area contributed by atoms with Gasteiger partial charge in [0.2, 0.25) is 0 Å². The van der Waals surface area contributed by atoms with Gasteiger partial charge in [-0.15, -0.1) is 11.6 Å². The van der Waals surface area contributed by atoms with E-state index in [2.05, 4.69) is 0 Å². The molecule has 0 radical (unpaired) electrons. The molecule has 3 heteroatoms. The lowest BCUT2D eigenvalue weighted by Crippen LogP contribution is -2.39. The number of aliphatic hydroxyl groups is 1. The Hall–Kier alpha value is 0.210. The quantitative estimate of drug-likeness (QED) is 0.566. The fourth-order valence-corrected chi connectivity index (χ4v) is 0. The van der Waals surface area contributed by atoms with Gasteiger partial charge in [0.15, 0.2) is 0 Å². The summed E-state index contributed by atoms with van der Waals surface area (Å²) in [4.78, 5) is -0.535. The van der Waals surface area contributed by atoms with Crippen molar-refractivity contribution in [1.29, 1.82) is 0 Å². The molecule has 0 aliphatic rings. The predicted molar refractivity (Wildman–Crippen MR) is 41.3 cm³/mol. The molecule has 0 aliphatic heterocycles. The molecule has 0 spiro atoms. The lowest BCUT2D eigenvalue weighted by atomic mass is 9.94. The van der Waals surface area contributed by atoms with Gasteiger partial charge in [-0.1, -0.05) is 0 Å². The molecule has 0 aromatic carbocycles. The van der Waals surface area contributed by atoms with Gasteiger partial charge in [0, 0.05) is 0 Å².